The predicted molar refractivity (Wildman–Crippen MR) is 86.3 cm³/mol. The zero-order valence-electron chi connectivity index (χ0n) is 12.8. The minimum absolute atomic E-state index is 0.549. The van der Waals surface area contributed by atoms with E-state index in [2.05, 4.69) is 9.97 Å². The second kappa shape index (κ2) is 6.83. The van der Waals surface area contributed by atoms with E-state index in [1.54, 1.807) is 24.7 Å². The van der Waals surface area contributed by atoms with E-state index < -0.39 is 11.7 Å². The van der Waals surface area contributed by atoms with Crippen LogP contribution >= 0.6 is 0 Å². The average Bonchev–Trinajstić information content (AvgIpc) is 2.61. The minimum Gasteiger partial charge on any atom is -0.261 e. The molecule has 0 amide bonds. The lowest BCUT2D eigenvalue weighted by molar-refractivity contribution is -0.137. The maximum atomic E-state index is 12.8. The van der Waals surface area contributed by atoms with Gasteiger partial charge in [-0.05, 0) is 36.1 Å². The first-order valence-corrected chi connectivity index (χ1v) is 7.54. The van der Waals surface area contributed by atoms with Gasteiger partial charge in [-0.15, -0.1) is 0 Å². The third-order valence-corrected chi connectivity index (χ3v) is 3.74. The van der Waals surface area contributed by atoms with Gasteiger partial charge in [0.25, 0.3) is 0 Å². The second-order valence-electron chi connectivity index (χ2n) is 5.49. The van der Waals surface area contributed by atoms with Crippen LogP contribution in [-0.4, -0.2) is 9.97 Å². The van der Waals surface area contributed by atoms with Gasteiger partial charge in [0.15, 0.2) is 0 Å². The van der Waals surface area contributed by atoms with Gasteiger partial charge in [-0.1, -0.05) is 36.4 Å². The smallest absolute Gasteiger partial charge is 0.261 e. The van der Waals surface area contributed by atoms with Crippen molar-refractivity contribution in [2.75, 3.05) is 0 Å². The summed E-state index contributed by atoms with van der Waals surface area (Å²) in [6, 6.07) is 13.3. The molecule has 0 fully saturated rings. The van der Waals surface area contributed by atoms with Crippen LogP contribution < -0.4 is 0 Å². The van der Waals surface area contributed by atoms with Crippen LogP contribution in [0, 0.1) is 0 Å². The molecule has 0 atom stereocenters. The van der Waals surface area contributed by atoms with Gasteiger partial charge in [-0.3, -0.25) is 9.97 Å². The van der Waals surface area contributed by atoms with Gasteiger partial charge in [0.1, 0.15) is 0 Å². The lowest BCUT2D eigenvalue weighted by Gasteiger charge is -2.09. The molecule has 0 bridgehead atoms. The standard InChI is InChI=1S/C19H15F3N2/c20-19(21,22)17-6-2-4-15(12-17)8-7-14-3-1-5-16(11-14)18-13-23-9-10-24-18/h1-6,9-13H,7-8H2. The maximum Gasteiger partial charge on any atom is 0.416 e. The largest absolute Gasteiger partial charge is 0.416 e. The summed E-state index contributed by atoms with van der Waals surface area (Å²) in [7, 11) is 0. The highest BCUT2D eigenvalue weighted by Gasteiger charge is 2.30. The number of alkyl halides is 3. The Kier molecular flexibility index (Phi) is 4.60. The molecule has 0 N–H and O–H groups in total. The molecular formula is C19H15F3N2. The van der Waals surface area contributed by atoms with E-state index in [-0.39, 0.29) is 0 Å². The number of benzene rings is 2. The number of nitrogens with zero attached hydrogens (tertiary/aromatic N) is 2. The lowest BCUT2D eigenvalue weighted by atomic mass is 10.0. The van der Waals surface area contributed by atoms with E-state index >= 15 is 0 Å². The van der Waals surface area contributed by atoms with Crippen LogP contribution in [0.1, 0.15) is 16.7 Å². The molecule has 0 unspecified atom stereocenters. The summed E-state index contributed by atoms with van der Waals surface area (Å²) in [6.07, 6.45) is 1.84. The summed E-state index contributed by atoms with van der Waals surface area (Å²) in [4.78, 5) is 8.31. The van der Waals surface area contributed by atoms with Crippen LogP contribution in [0.4, 0.5) is 13.2 Å². The Balaban J connectivity index is 1.74. The van der Waals surface area contributed by atoms with Gasteiger partial charge in [-0.2, -0.15) is 13.2 Å². The number of hydrogen-bond donors (Lipinski definition) is 0. The van der Waals surface area contributed by atoms with Crippen molar-refractivity contribution in [3.05, 3.63) is 83.8 Å². The van der Waals surface area contributed by atoms with E-state index in [1.807, 2.05) is 24.3 Å². The van der Waals surface area contributed by atoms with Crippen LogP contribution in [0.3, 0.4) is 0 Å². The number of halogens is 3. The topological polar surface area (TPSA) is 25.8 Å². The Morgan fingerprint density at radius 2 is 1.54 bits per heavy atom. The third-order valence-electron chi connectivity index (χ3n) is 3.74. The van der Waals surface area contributed by atoms with Crippen LogP contribution in [0.15, 0.2) is 67.1 Å². The molecule has 3 aromatic rings. The molecule has 0 aliphatic carbocycles. The lowest BCUT2D eigenvalue weighted by Crippen LogP contribution is -2.05. The summed E-state index contributed by atoms with van der Waals surface area (Å²) in [6.45, 7) is 0. The summed E-state index contributed by atoms with van der Waals surface area (Å²) < 4.78 is 38.3. The fourth-order valence-corrected chi connectivity index (χ4v) is 2.53. The fourth-order valence-electron chi connectivity index (χ4n) is 2.53. The molecule has 2 aromatic carbocycles. The molecule has 3 rings (SSSR count). The zero-order valence-corrected chi connectivity index (χ0v) is 12.8. The predicted octanol–water partition coefficient (Wildman–Crippen LogP) is 4.95. The average molecular weight is 328 g/mol. The van der Waals surface area contributed by atoms with Crippen LogP contribution in [-0.2, 0) is 19.0 Å². The third kappa shape index (κ3) is 3.98. The quantitative estimate of drug-likeness (QED) is 0.677. The Morgan fingerprint density at radius 3 is 2.21 bits per heavy atom. The molecule has 1 aromatic heterocycles. The fraction of sp³-hybridized carbons (Fsp3) is 0.158. The summed E-state index contributed by atoms with van der Waals surface area (Å²) in [5.41, 5.74) is 2.85. The highest BCUT2D eigenvalue weighted by molar-refractivity contribution is 5.58. The molecule has 0 saturated carbocycles. The van der Waals surface area contributed by atoms with Crippen molar-refractivity contribution < 1.29 is 13.2 Å². The highest BCUT2D eigenvalue weighted by atomic mass is 19.4. The van der Waals surface area contributed by atoms with Crippen molar-refractivity contribution in [3.8, 4) is 11.3 Å². The van der Waals surface area contributed by atoms with Gasteiger partial charge in [-0.25, -0.2) is 0 Å². The second-order valence-corrected chi connectivity index (χ2v) is 5.49. The van der Waals surface area contributed by atoms with Crippen LogP contribution in [0.25, 0.3) is 11.3 Å². The van der Waals surface area contributed by atoms with E-state index in [0.717, 1.165) is 22.9 Å². The van der Waals surface area contributed by atoms with Crippen molar-refractivity contribution in [3.63, 3.8) is 0 Å². The first kappa shape index (κ1) is 16.2. The minimum atomic E-state index is -4.30. The van der Waals surface area contributed by atoms with Crippen molar-refractivity contribution in [2.45, 2.75) is 19.0 Å². The number of aromatic nitrogens is 2. The number of rotatable bonds is 4. The molecule has 0 radical (unpaired) electrons. The van der Waals surface area contributed by atoms with Crippen molar-refractivity contribution in [1.82, 2.24) is 9.97 Å². The first-order valence-electron chi connectivity index (χ1n) is 7.54. The van der Waals surface area contributed by atoms with Crippen molar-refractivity contribution in [2.24, 2.45) is 0 Å². The van der Waals surface area contributed by atoms with E-state index in [0.29, 0.717) is 18.4 Å². The van der Waals surface area contributed by atoms with E-state index in [4.69, 9.17) is 0 Å². The number of aryl methyl sites for hydroxylation is 2. The molecule has 24 heavy (non-hydrogen) atoms. The first-order chi connectivity index (χ1) is 11.5. The molecule has 1 heterocycles. The molecule has 0 aliphatic heterocycles. The molecule has 5 heteroatoms. The van der Waals surface area contributed by atoms with Gasteiger partial charge < -0.3 is 0 Å². The SMILES string of the molecule is FC(F)(F)c1cccc(CCc2cccc(-c3cnccn3)c2)c1. The maximum absolute atomic E-state index is 12.8. The van der Waals surface area contributed by atoms with Crippen LogP contribution in [0.2, 0.25) is 0 Å². The Labute approximate surface area is 138 Å². The van der Waals surface area contributed by atoms with Gasteiger partial charge in [0.2, 0.25) is 0 Å². The summed E-state index contributed by atoms with van der Waals surface area (Å²) >= 11 is 0. The zero-order chi connectivity index (χ0) is 17.0. The number of hydrogen-bond acceptors (Lipinski definition) is 2. The van der Waals surface area contributed by atoms with E-state index in [1.165, 1.54) is 12.1 Å². The molecule has 122 valence electrons. The summed E-state index contributed by atoms with van der Waals surface area (Å²) in [5.74, 6) is 0. The Morgan fingerprint density at radius 1 is 0.833 bits per heavy atom. The molecule has 0 spiro atoms. The molecule has 2 nitrogen and oxygen atoms in total. The Bertz CT molecular complexity index is 814. The van der Waals surface area contributed by atoms with Crippen LogP contribution in [0.5, 0.6) is 0 Å². The molecule has 0 aliphatic rings. The monoisotopic (exact) mass is 328 g/mol. The van der Waals surface area contributed by atoms with E-state index in [9.17, 15) is 13.2 Å². The molecule has 0 saturated heterocycles. The van der Waals surface area contributed by atoms with Crippen molar-refractivity contribution in [1.29, 1.82) is 0 Å². The van der Waals surface area contributed by atoms with Gasteiger partial charge >= 0.3 is 6.18 Å². The summed E-state index contributed by atoms with van der Waals surface area (Å²) in [5, 5.41) is 0. The van der Waals surface area contributed by atoms with Gasteiger partial charge in [0, 0.05) is 18.0 Å². The van der Waals surface area contributed by atoms with Crippen molar-refractivity contribution >= 4 is 0 Å². The Hall–Kier alpha value is -2.69. The normalized spacial score (nSPS) is 11.5. The molecular weight excluding hydrogens is 313 g/mol. The highest BCUT2D eigenvalue weighted by Crippen LogP contribution is 2.29. The van der Waals surface area contributed by atoms with Gasteiger partial charge in [0.05, 0.1) is 17.5 Å².